The van der Waals surface area contributed by atoms with Gasteiger partial charge in [0.2, 0.25) is 5.91 Å². The average Bonchev–Trinajstić information content (AvgIpc) is 2.55. The minimum atomic E-state index is -5.33. The Morgan fingerprint density at radius 3 is 2.00 bits per heavy atom. The molecular formula is C17H17F3N2O3S. The molecule has 0 spiro atoms. The van der Waals surface area contributed by atoms with Gasteiger partial charge in [-0.2, -0.15) is 13.2 Å². The Hall–Kier alpha value is -2.55. The number of rotatable bonds is 6. The SMILES string of the molecule is CC(=O)Nc1ccc(CCNc2ccc(S(=O)(=O)C(F)(F)F)cc2)cc1. The molecule has 0 aliphatic heterocycles. The third-order valence-electron chi connectivity index (χ3n) is 3.49. The fraction of sp³-hybridized carbons (Fsp3) is 0.235. The molecule has 140 valence electrons. The summed E-state index contributed by atoms with van der Waals surface area (Å²) in [6, 6.07) is 11.7. The quantitative estimate of drug-likeness (QED) is 0.796. The molecule has 9 heteroatoms. The summed E-state index contributed by atoms with van der Waals surface area (Å²) in [4.78, 5) is 10.2. The van der Waals surface area contributed by atoms with Crippen LogP contribution in [0, 0.1) is 0 Å². The highest BCUT2D eigenvalue weighted by Crippen LogP contribution is 2.30. The fourth-order valence-corrected chi connectivity index (χ4v) is 2.96. The molecule has 0 saturated heterocycles. The molecular weight excluding hydrogens is 369 g/mol. The summed E-state index contributed by atoms with van der Waals surface area (Å²) in [5, 5.41) is 5.67. The van der Waals surface area contributed by atoms with Gasteiger partial charge in [0.15, 0.2) is 0 Å². The van der Waals surface area contributed by atoms with E-state index in [9.17, 15) is 26.4 Å². The molecule has 0 atom stereocenters. The number of hydrogen-bond acceptors (Lipinski definition) is 4. The zero-order valence-electron chi connectivity index (χ0n) is 13.8. The van der Waals surface area contributed by atoms with Crippen molar-refractivity contribution in [3.8, 4) is 0 Å². The molecule has 0 heterocycles. The summed E-state index contributed by atoms with van der Waals surface area (Å²) in [5.74, 6) is -0.157. The normalized spacial score (nSPS) is 11.8. The predicted octanol–water partition coefficient (Wildman–Crippen LogP) is 3.59. The first-order valence-corrected chi connectivity index (χ1v) is 9.10. The van der Waals surface area contributed by atoms with E-state index in [0.29, 0.717) is 24.3 Å². The molecule has 0 aliphatic rings. The number of sulfone groups is 1. The lowest BCUT2D eigenvalue weighted by atomic mass is 10.1. The molecule has 2 N–H and O–H groups in total. The number of amides is 1. The van der Waals surface area contributed by atoms with E-state index in [2.05, 4.69) is 10.6 Å². The second-order valence-electron chi connectivity index (χ2n) is 5.53. The van der Waals surface area contributed by atoms with E-state index in [1.54, 1.807) is 12.1 Å². The van der Waals surface area contributed by atoms with Crippen LogP contribution in [0.4, 0.5) is 24.5 Å². The Morgan fingerprint density at radius 1 is 0.962 bits per heavy atom. The van der Waals surface area contributed by atoms with Crippen molar-refractivity contribution in [1.82, 2.24) is 0 Å². The molecule has 0 radical (unpaired) electrons. The Balaban J connectivity index is 1.91. The van der Waals surface area contributed by atoms with E-state index in [0.717, 1.165) is 17.7 Å². The number of carbonyl (C=O) groups is 1. The number of benzene rings is 2. The minimum absolute atomic E-state index is 0.157. The van der Waals surface area contributed by atoms with Crippen molar-refractivity contribution in [2.75, 3.05) is 17.2 Å². The van der Waals surface area contributed by atoms with Gasteiger partial charge in [-0.1, -0.05) is 12.1 Å². The van der Waals surface area contributed by atoms with Crippen molar-refractivity contribution in [3.05, 3.63) is 54.1 Å². The van der Waals surface area contributed by atoms with Crippen molar-refractivity contribution < 1.29 is 26.4 Å². The Morgan fingerprint density at radius 2 is 1.50 bits per heavy atom. The lowest BCUT2D eigenvalue weighted by Crippen LogP contribution is -2.23. The zero-order chi connectivity index (χ0) is 19.4. The molecule has 26 heavy (non-hydrogen) atoms. The summed E-state index contributed by atoms with van der Waals surface area (Å²) in [7, 11) is -5.33. The summed E-state index contributed by atoms with van der Waals surface area (Å²) >= 11 is 0. The lowest BCUT2D eigenvalue weighted by molar-refractivity contribution is -0.114. The monoisotopic (exact) mass is 386 g/mol. The van der Waals surface area contributed by atoms with Crippen molar-refractivity contribution in [2.45, 2.75) is 23.7 Å². The molecule has 0 unspecified atom stereocenters. The van der Waals surface area contributed by atoms with Crippen LogP contribution in [0.5, 0.6) is 0 Å². The molecule has 2 rings (SSSR count). The molecule has 0 aromatic heterocycles. The van der Waals surface area contributed by atoms with Crippen LogP contribution in [-0.2, 0) is 21.1 Å². The van der Waals surface area contributed by atoms with Crippen molar-refractivity contribution in [1.29, 1.82) is 0 Å². The van der Waals surface area contributed by atoms with Gasteiger partial charge in [0.1, 0.15) is 0 Å². The van der Waals surface area contributed by atoms with Gasteiger partial charge in [-0.25, -0.2) is 8.42 Å². The number of anilines is 2. The van der Waals surface area contributed by atoms with Crippen LogP contribution >= 0.6 is 0 Å². The van der Waals surface area contributed by atoms with Gasteiger partial charge in [0.05, 0.1) is 4.90 Å². The van der Waals surface area contributed by atoms with Crippen molar-refractivity contribution >= 4 is 27.1 Å². The van der Waals surface area contributed by atoms with Crippen LogP contribution in [0.1, 0.15) is 12.5 Å². The molecule has 5 nitrogen and oxygen atoms in total. The van der Waals surface area contributed by atoms with E-state index in [1.807, 2.05) is 12.1 Å². The van der Waals surface area contributed by atoms with Crippen molar-refractivity contribution in [3.63, 3.8) is 0 Å². The van der Waals surface area contributed by atoms with E-state index in [4.69, 9.17) is 0 Å². The van der Waals surface area contributed by atoms with E-state index in [-0.39, 0.29) is 5.91 Å². The number of halogens is 3. The average molecular weight is 386 g/mol. The van der Waals surface area contributed by atoms with Gasteiger partial charge < -0.3 is 10.6 Å². The van der Waals surface area contributed by atoms with Crippen LogP contribution in [0.2, 0.25) is 0 Å². The summed E-state index contributed by atoms with van der Waals surface area (Å²) in [6.07, 6.45) is 0.642. The molecule has 0 saturated carbocycles. The lowest BCUT2D eigenvalue weighted by Gasteiger charge is -2.10. The van der Waals surface area contributed by atoms with Gasteiger partial charge >= 0.3 is 5.51 Å². The Bertz CT molecular complexity index is 862. The predicted molar refractivity (Wildman–Crippen MR) is 92.6 cm³/mol. The van der Waals surface area contributed by atoms with Crippen molar-refractivity contribution in [2.24, 2.45) is 0 Å². The Labute approximate surface area is 149 Å². The topological polar surface area (TPSA) is 75.3 Å². The standard InChI is InChI=1S/C17H17F3N2O3S/c1-12(23)22-15-4-2-13(3-5-15)10-11-21-14-6-8-16(9-7-14)26(24,25)17(18,19)20/h2-9,21H,10-11H2,1H3,(H,22,23). The van der Waals surface area contributed by atoms with Crippen LogP contribution in [-0.4, -0.2) is 26.4 Å². The minimum Gasteiger partial charge on any atom is -0.385 e. The third kappa shape index (κ3) is 4.98. The molecule has 0 fully saturated rings. The van der Waals surface area contributed by atoms with Crippen LogP contribution < -0.4 is 10.6 Å². The number of hydrogen-bond donors (Lipinski definition) is 2. The first kappa shape index (κ1) is 19.8. The van der Waals surface area contributed by atoms with Crippen LogP contribution in [0.15, 0.2) is 53.4 Å². The number of nitrogens with one attached hydrogen (secondary N) is 2. The fourth-order valence-electron chi connectivity index (χ4n) is 2.19. The largest absolute Gasteiger partial charge is 0.501 e. The van der Waals surface area contributed by atoms with Crippen LogP contribution in [0.3, 0.4) is 0 Å². The maximum absolute atomic E-state index is 12.5. The first-order valence-electron chi connectivity index (χ1n) is 7.61. The van der Waals surface area contributed by atoms with Gasteiger partial charge in [-0.15, -0.1) is 0 Å². The van der Waals surface area contributed by atoms with E-state index >= 15 is 0 Å². The third-order valence-corrected chi connectivity index (χ3v) is 4.99. The maximum atomic E-state index is 12.5. The molecule has 1 amide bonds. The number of alkyl halides is 3. The van der Waals surface area contributed by atoms with Gasteiger partial charge in [-0.05, 0) is 48.4 Å². The molecule has 2 aromatic carbocycles. The highest BCUT2D eigenvalue weighted by molar-refractivity contribution is 7.92. The van der Waals surface area contributed by atoms with E-state index < -0.39 is 20.2 Å². The maximum Gasteiger partial charge on any atom is 0.501 e. The Kier molecular flexibility index (Phi) is 5.91. The first-order chi connectivity index (χ1) is 12.1. The summed E-state index contributed by atoms with van der Waals surface area (Å²) in [6.45, 7) is 1.92. The number of carbonyl (C=O) groups excluding carboxylic acids is 1. The molecule has 2 aromatic rings. The highest BCUT2D eigenvalue weighted by atomic mass is 32.2. The molecule has 0 bridgehead atoms. The van der Waals surface area contributed by atoms with Crippen LogP contribution in [0.25, 0.3) is 0 Å². The smallest absolute Gasteiger partial charge is 0.385 e. The van der Waals surface area contributed by atoms with E-state index in [1.165, 1.54) is 19.1 Å². The van der Waals surface area contributed by atoms with Gasteiger partial charge in [-0.3, -0.25) is 4.79 Å². The van der Waals surface area contributed by atoms with Gasteiger partial charge in [0, 0.05) is 24.8 Å². The van der Waals surface area contributed by atoms with Gasteiger partial charge in [0.25, 0.3) is 9.84 Å². The highest BCUT2D eigenvalue weighted by Gasteiger charge is 2.46. The summed E-state index contributed by atoms with van der Waals surface area (Å²) in [5.41, 5.74) is -3.11. The second kappa shape index (κ2) is 7.77. The second-order valence-corrected chi connectivity index (χ2v) is 7.47. The molecule has 0 aliphatic carbocycles. The zero-order valence-corrected chi connectivity index (χ0v) is 14.6. The summed E-state index contributed by atoms with van der Waals surface area (Å²) < 4.78 is 60.0.